The van der Waals surface area contributed by atoms with Gasteiger partial charge in [-0.25, -0.2) is 9.98 Å². The molecular formula is C21H32N4O3S. The average molecular weight is 421 g/mol. The summed E-state index contributed by atoms with van der Waals surface area (Å²) in [5, 5.41) is 9.84. The summed E-state index contributed by atoms with van der Waals surface area (Å²) in [6, 6.07) is 3.81. The van der Waals surface area contributed by atoms with Gasteiger partial charge in [0.2, 0.25) is 5.75 Å². The zero-order valence-corrected chi connectivity index (χ0v) is 19.2. The maximum atomic E-state index is 5.42. The van der Waals surface area contributed by atoms with E-state index in [0.29, 0.717) is 30.3 Å². The Hall–Kier alpha value is -2.48. The van der Waals surface area contributed by atoms with Gasteiger partial charge in [-0.15, -0.1) is 11.3 Å². The van der Waals surface area contributed by atoms with Crippen molar-refractivity contribution in [2.75, 3.05) is 27.9 Å². The molecular weight excluding hydrogens is 388 g/mol. The topological polar surface area (TPSA) is 77.0 Å². The molecule has 0 radical (unpaired) electrons. The summed E-state index contributed by atoms with van der Waals surface area (Å²) in [4.78, 5) is 9.40. The number of hydrogen-bond donors (Lipinski definition) is 2. The van der Waals surface area contributed by atoms with Gasteiger partial charge in [0.1, 0.15) is 0 Å². The highest BCUT2D eigenvalue weighted by Crippen LogP contribution is 2.38. The van der Waals surface area contributed by atoms with Crippen molar-refractivity contribution in [1.29, 1.82) is 0 Å². The maximum Gasteiger partial charge on any atom is 0.203 e. The van der Waals surface area contributed by atoms with E-state index >= 15 is 0 Å². The van der Waals surface area contributed by atoms with E-state index in [1.54, 1.807) is 32.7 Å². The van der Waals surface area contributed by atoms with Gasteiger partial charge in [0.25, 0.3) is 0 Å². The minimum atomic E-state index is 0.0635. The van der Waals surface area contributed by atoms with E-state index in [0.717, 1.165) is 28.8 Å². The van der Waals surface area contributed by atoms with Gasteiger partial charge in [-0.1, -0.05) is 20.8 Å². The van der Waals surface area contributed by atoms with Crippen molar-refractivity contribution in [2.24, 2.45) is 4.99 Å². The molecule has 160 valence electrons. The largest absolute Gasteiger partial charge is 0.493 e. The summed E-state index contributed by atoms with van der Waals surface area (Å²) in [5.41, 5.74) is 2.03. The lowest BCUT2D eigenvalue weighted by Crippen LogP contribution is -2.36. The molecule has 2 N–H and O–H groups in total. The molecule has 1 heterocycles. The lowest BCUT2D eigenvalue weighted by Gasteiger charge is -2.14. The Labute approximate surface area is 177 Å². The Bertz CT molecular complexity index is 803. The molecule has 0 saturated carbocycles. The van der Waals surface area contributed by atoms with E-state index in [2.05, 4.69) is 41.8 Å². The number of methoxy groups -OCH3 is 3. The van der Waals surface area contributed by atoms with Gasteiger partial charge in [0, 0.05) is 17.3 Å². The molecule has 0 aliphatic carbocycles. The molecule has 0 fully saturated rings. The molecule has 29 heavy (non-hydrogen) atoms. The first kappa shape index (κ1) is 22.8. The quantitative estimate of drug-likeness (QED) is 0.501. The third-order valence-electron chi connectivity index (χ3n) is 4.12. The highest BCUT2D eigenvalue weighted by molar-refractivity contribution is 7.09. The van der Waals surface area contributed by atoms with Gasteiger partial charge in [-0.2, -0.15) is 0 Å². The van der Waals surface area contributed by atoms with E-state index in [1.807, 2.05) is 19.1 Å². The Morgan fingerprint density at radius 1 is 1.07 bits per heavy atom. The van der Waals surface area contributed by atoms with Gasteiger partial charge < -0.3 is 24.8 Å². The Kier molecular flexibility index (Phi) is 8.13. The van der Waals surface area contributed by atoms with Crippen LogP contribution < -0.4 is 24.8 Å². The molecule has 0 unspecified atom stereocenters. The van der Waals surface area contributed by atoms with Crippen LogP contribution in [0.3, 0.4) is 0 Å². The molecule has 8 heteroatoms. The molecule has 0 bridgehead atoms. The smallest absolute Gasteiger partial charge is 0.203 e. The average Bonchev–Trinajstić information content (AvgIpc) is 3.18. The van der Waals surface area contributed by atoms with Crippen LogP contribution in [-0.4, -0.2) is 38.8 Å². The van der Waals surface area contributed by atoms with Crippen LogP contribution in [0.25, 0.3) is 0 Å². The lowest BCUT2D eigenvalue weighted by molar-refractivity contribution is 0.324. The summed E-state index contributed by atoms with van der Waals surface area (Å²) < 4.78 is 16.2. The van der Waals surface area contributed by atoms with Crippen molar-refractivity contribution >= 4 is 17.3 Å². The summed E-state index contributed by atoms with van der Waals surface area (Å²) in [5.74, 6) is 2.54. The molecule has 0 atom stereocenters. The first-order valence-corrected chi connectivity index (χ1v) is 10.5. The molecule has 1 aromatic heterocycles. The number of ether oxygens (including phenoxy) is 3. The van der Waals surface area contributed by atoms with E-state index in [4.69, 9.17) is 19.2 Å². The third kappa shape index (κ3) is 6.25. The van der Waals surface area contributed by atoms with Gasteiger partial charge in [-0.05, 0) is 24.6 Å². The number of hydrogen-bond acceptors (Lipinski definition) is 6. The van der Waals surface area contributed by atoms with Crippen molar-refractivity contribution in [3.05, 3.63) is 33.8 Å². The number of nitrogens with zero attached hydrogens (tertiary/aromatic N) is 2. The van der Waals surface area contributed by atoms with E-state index in [9.17, 15) is 0 Å². The zero-order valence-electron chi connectivity index (χ0n) is 18.4. The standard InChI is InChI=1S/C21H32N4O3S/c1-8-22-20(24-12-15-13-29-19(25-15)21(2,3)4)23-11-14-9-16(26-5)18(28-7)17(10-14)27-6/h9-10,13H,8,11-12H2,1-7H3,(H2,22,23,24). The van der Waals surface area contributed by atoms with Crippen molar-refractivity contribution in [1.82, 2.24) is 15.6 Å². The molecule has 0 saturated heterocycles. The predicted molar refractivity (Wildman–Crippen MR) is 119 cm³/mol. The molecule has 2 aromatic rings. The van der Waals surface area contributed by atoms with Crippen LogP contribution in [0.5, 0.6) is 17.2 Å². The van der Waals surface area contributed by atoms with Crippen LogP contribution in [0.1, 0.15) is 44.0 Å². The van der Waals surface area contributed by atoms with Gasteiger partial charge >= 0.3 is 0 Å². The highest BCUT2D eigenvalue weighted by atomic mass is 32.1. The zero-order chi connectivity index (χ0) is 21.4. The van der Waals surface area contributed by atoms with Crippen molar-refractivity contribution in [3.8, 4) is 17.2 Å². The summed E-state index contributed by atoms with van der Waals surface area (Å²) in [6.07, 6.45) is 0. The Morgan fingerprint density at radius 3 is 2.21 bits per heavy atom. The molecule has 1 aromatic carbocycles. The lowest BCUT2D eigenvalue weighted by atomic mass is 9.98. The minimum Gasteiger partial charge on any atom is -0.493 e. The second-order valence-electron chi connectivity index (χ2n) is 7.48. The first-order chi connectivity index (χ1) is 13.8. The number of rotatable bonds is 8. The number of nitrogens with one attached hydrogen (secondary N) is 2. The number of benzene rings is 1. The second-order valence-corrected chi connectivity index (χ2v) is 8.33. The fourth-order valence-corrected chi connectivity index (χ4v) is 3.55. The van der Waals surface area contributed by atoms with Crippen molar-refractivity contribution < 1.29 is 14.2 Å². The van der Waals surface area contributed by atoms with Crippen molar-refractivity contribution in [2.45, 2.75) is 46.2 Å². The van der Waals surface area contributed by atoms with Crippen LogP contribution in [0, 0.1) is 0 Å². The van der Waals surface area contributed by atoms with Crippen molar-refractivity contribution in [3.63, 3.8) is 0 Å². The first-order valence-electron chi connectivity index (χ1n) is 9.58. The summed E-state index contributed by atoms with van der Waals surface area (Å²) in [6.45, 7) is 10.4. The molecule has 0 spiro atoms. The van der Waals surface area contributed by atoms with Crippen LogP contribution in [-0.2, 0) is 18.5 Å². The molecule has 0 aliphatic rings. The van der Waals surface area contributed by atoms with Crippen LogP contribution in [0.15, 0.2) is 22.5 Å². The molecule has 7 nitrogen and oxygen atoms in total. The van der Waals surface area contributed by atoms with Crippen LogP contribution in [0.4, 0.5) is 0 Å². The molecule has 0 amide bonds. The van der Waals surface area contributed by atoms with Crippen LogP contribution in [0.2, 0.25) is 0 Å². The number of thiazole rings is 1. The minimum absolute atomic E-state index is 0.0635. The molecule has 0 aliphatic heterocycles. The normalized spacial score (nSPS) is 11.9. The number of aromatic nitrogens is 1. The van der Waals surface area contributed by atoms with Gasteiger partial charge in [-0.3, -0.25) is 0 Å². The highest BCUT2D eigenvalue weighted by Gasteiger charge is 2.18. The fourth-order valence-electron chi connectivity index (χ4n) is 2.65. The van der Waals surface area contributed by atoms with Gasteiger partial charge in [0.15, 0.2) is 17.5 Å². The predicted octanol–water partition coefficient (Wildman–Crippen LogP) is 3.72. The molecule has 2 rings (SSSR count). The van der Waals surface area contributed by atoms with E-state index < -0.39 is 0 Å². The third-order valence-corrected chi connectivity index (χ3v) is 5.44. The summed E-state index contributed by atoms with van der Waals surface area (Å²) in [7, 11) is 4.81. The number of aliphatic imine (C=N–C) groups is 1. The SMILES string of the molecule is CCNC(=NCc1cc(OC)c(OC)c(OC)c1)NCc1csc(C(C)(C)C)n1. The monoisotopic (exact) mass is 420 g/mol. The fraction of sp³-hybridized carbons (Fsp3) is 0.524. The summed E-state index contributed by atoms with van der Waals surface area (Å²) >= 11 is 1.69. The van der Waals surface area contributed by atoms with Gasteiger partial charge in [0.05, 0.1) is 45.1 Å². The number of guanidine groups is 1. The van der Waals surface area contributed by atoms with Crippen LogP contribution >= 0.6 is 11.3 Å². The Balaban J connectivity index is 2.11. The van der Waals surface area contributed by atoms with E-state index in [-0.39, 0.29) is 5.41 Å². The maximum absolute atomic E-state index is 5.42. The van der Waals surface area contributed by atoms with E-state index in [1.165, 1.54) is 0 Å². The Morgan fingerprint density at radius 2 is 1.72 bits per heavy atom. The second kappa shape index (κ2) is 10.3.